The molecule has 1 aromatic rings. The first-order chi connectivity index (χ1) is 5.22. The van der Waals surface area contributed by atoms with Crippen LogP contribution in [0.5, 0.6) is 0 Å². The quantitative estimate of drug-likeness (QED) is 0.642. The van der Waals surface area contributed by atoms with Crippen molar-refractivity contribution in [2.45, 2.75) is 6.17 Å². The Kier molecular flexibility index (Phi) is 2.63. The molecule has 60 valence electrons. The largest absolute Gasteiger partial charge is 0.312 e. The highest BCUT2D eigenvalue weighted by atomic mass is 15.2. The first-order valence-corrected chi connectivity index (χ1v) is 3.69. The Morgan fingerprint density at radius 3 is 2.18 bits per heavy atom. The van der Waals surface area contributed by atoms with Gasteiger partial charge < -0.3 is 5.73 Å². The van der Waals surface area contributed by atoms with Gasteiger partial charge in [-0.1, -0.05) is 30.3 Å². The molecule has 0 aliphatic carbocycles. The summed E-state index contributed by atoms with van der Waals surface area (Å²) in [6.07, 6.45) is 0.0104. The van der Waals surface area contributed by atoms with Crippen LogP contribution in [0.15, 0.2) is 30.3 Å². The van der Waals surface area contributed by atoms with Crippen molar-refractivity contribution < 1.29 is 0 Å². The molecule has 1 unspecified atom stereocenters. The van der Waals surface area contributed by atoms with Gasteiger partial charge in [0.15, 0.2) is 0 Å². The van der Waals surface area contributed by atoms with E-state index in [1.807, 2.05) is 49.3 Å². The maximum atomic E-state index is 5.86. The lowest BCUT2D eigenvalue weighted by atomic mass is 10.2. The third-order valence-electron chi connectivity index (χ3n) is 1.70. The predicted octanol–water partition coefficient (Wildman–Crippen LogP) is 1.21. The lowest BCUT2D eigenvalue weighted by Gasteiger charge is -2.19. The number of nitrogens with zero attached hydrogens (tertiary/aromatic N) is 1. The highest BCUT2D eigenvalue weighted by Gasteiger charge is 2.05. The Hall–Kier alpha value is -0.860. The van der Waals surface area contributed by atoms with Gasteiger partial charge in [0.25, 0.3) is 0 Å². The lowest BCUT2D eigenvalue weighted by molar-refractivity contribution is 0.307. The molecule has 2 heteroatoms. The van der Waals surface area contributed by atoms with Gasteiger partial charge in [-0.25, -0.2) is 0 Å². The average molecular weight is 150 g/mol. The smallest absolute Gasteiger partial charge is 0.0830 e. The van der Waals surface area contributed by atoms with E-state index in [0.717, 1.165) is 5.56 Å². The van der Waals surface area contributed by atoms with Gasteiger partial charge in [-0.2, -0.15) is 0 Å². The maximum Gasteiger partial charge on any atom is 0.0830 e. The predicted molar refractivity (Wildman–Crippen MR) is 47.1 cm³/mol. The maximum absolute atomic E-state index is 5.86. The van der Waals surface area contributed by atoms with Gasteiger partial charge in [0.2, 0.25) is 0 Å². The standard InChI is InChI=1S/C9H14N2/c1-11(2)9(10)8-6-4-3-5-7-8/h3-7,9H,10H2,1-2H3. The zero-order valence-corrected chi connectivity index (χ0v) is 6.99. The van der Waals surface area contributed by atoms with Crippen LogP contribution in [0.3, 0.4) is 0 Å². The molecule has 0 aliphatic heterocycles. The second-order valence-electron chi connectivity index (χ2n) is 2.82. The van der Waals surface area contributed by atoms with E-state index in [1.165, 1.54) is 0 Å². The third-order valence-corrected chi connectivity index (χ3v) is 1.70. The fourth-order valence-electron chi connectivity index (χ4n) is 0.948. The molecular formula is C9H14N2. The van der Waals surface area contributed by atoms with Gasteiger partial charge in [0.1, 0.15) is 0 Å². The van der Waals surface area contributed by atoms with Gasteiger partial charge >= 0.3 is 0 Å². The molecule has 11 heavy (non-hydrogen) atoms. The van der Waals surface area contributed by atoms with Crippen LogP contribution in [0, 0.1) is 0 Å². The molecule has 0 heterocycles. The van der Waals surface area contributed by atoms with Crippen LogP contribution < -0.4 is 5.73 Å². The number of benzene rings is 1. The highest BCUT2D eigenvalue weighted by molar-refractivity contribution is 5.17. The molecule has 2 N–H and O–H groups in total. The highest BCUT2D eigenvalue weighted by Crippen LogP contribution is 2.10. The molecule has 0 aromatic heterocycles. The number of nitrogens with two attached hydrogens (primary N) is 1. The average Bonchev–Trinajstić information content (AvgIpc) is 2.05. The summed E-state index contributed by atoms with van der Waals surface area (Å²) in [5, 5.41) is 0. The Morgan fingerprint density at radius 2 is 1.73 bits per heavy atom. The fraction of sp³-hybridized carbons (Fsp3) is 0.333. The van der Waals surface area contributed by atoms with Crippen LogP contribution in [-0.4, -0.2) is 19.0 Å². The molecule has 0 aliphatic rings. The van der Waals surface area contributed by atoms with Crippen molar-refractivity contribution in [2.75, 3.05) is 14.1 Å². The van der Waals surface area contributed by atoms with Crippen LogP contribution in [-0.2, 0) is 0 Å². The van der Waals surface area contributed by atoms with Crippen molar-refractivity contribution in [3.8, 4) is 0 Å². The Labute approximate surface area is 67.6 Å². The van der Waals surface area contributed by atoms with Gasteiger partial charge in [-0.3, -0.25) is 4.90 Å². The number of hydrogen-bond donors (Lipinski definition) is 1. The number of hydrogen-bond acceptors (Lipinski definition) is 2. The summed E-state index contributed by atoms with van der Waals surface area (Å²) in [4.78, 5) is 1.98. The summed E-state index contributed by atoms with van der Waals surface area (Å²) >= 11 is 0. The Balaban J connectivity index is 2.77. The van der Waals surface area contributed by atoms with E-state index in [4.69, 9.17) is 5.73 Å². The first-order valence-electron chi connectivity index (χ1n) is 3.69. The Bertz CT molecular complexity index is 206. The molecular weight excluding hydrogens is 136 g/mol. The summed E-state index contributed by atoms with van der Waals surface area (Å²) in [5.74, 6) is 0. The summed E-state index contributed by atoms with van der Waals surface area (Å²) < 4.78 is 0. The fourth-order valence-corrected chi connectivity index (χ4v) is 0.948. The second-order valence-corrected chi connectivity index (χ2v) is 2.82. The van der Waals surface area contributed by atoms with Crippen molar-refractivity contribution in [1.82, 2.24) is 4.90 Å². The molecule has 0 fully saturated rings. The topological polar surface area (TPSA) is 29.3 Å². The van der Waals surface area contributed by atoms with Gasteiger partial charge in [-0.05, 0) is 19.7 Å². The molecule has 1 aromatic carbocycles. The van der Waals surface area contributed by atoms with Crippen molar-refractivity contribution in [2.24, 2.45) is 5.73 Å². The molecule has 1 rings (SSSR count). The van der Waals surface area contributed by atoms with Crippen LogP contribution in [0.2, 0.25) is 0 Å². The summed E-state index contributed by atoms with van der Waals surface area (Å²) in [7, 11) is 3.94. The monoisotopic (exact) mass is 150 g/mol. The molecule has 0 amide bonds. The normalized spacial score (nSPS) is 13.5. The summed E-state index contributed by atoms with van der Waals surface area (Å²) in [5.41, 5.74) is 7.01. The van der Waals surface area contributed by atoms with E-state index < -0.39 is 0 Å². The minimum atomic E-state index is 0.0104. The van der Waals surface area contributed by atoms with E-state index >= 15 is 0 Å². The van der Waals surface area contributed by atoms with E-state index in [9.17, 15) is 0 Å². The zero-order chi connectivity index (χ0) is 8.27. The molecule has 1 atom stereocenters. The van der Waals surface area contributed by atoms with Crippen LogP contribution >= 0.6 is 0 Å². The van der Waals surface area contributed by atoms with Crippen molar-refractivity contribution in [3.63, 3.8) is 0 Å². The lowest BCUT2D eigenvalue weighted by Crippen LogP contribution is -2.27. The minimum absolute atomic E-state index is 0.0104. The minimum Gasteiger partial charge on any atom is -0.312 e. The molecule has 2 nitrogen and oxygen atoms in total. The zero-order valence-electron chi connectivity index (χ0n) is 6.99. The van der Waals surface area contributed by atoms with Crippen molar-refractivity contribution >= 4 is 0 Å². The SMILES string of the molecule is CN(C)C(N)c1ccccc1. The Morgan fingerprint density at radius 1 is 1.18 bits per heavy atom. The van der Waals surface area contributed by atoms with Crippen LogP contribution in [0.1, 0.15) is 11.7 Å². The van der Waals surface area contributed by atoms with E-state index in [-0.39, 0.29) is 6.17 Å². The van der Waals surface area contributed by atoms with E-state index in [0.29, 0.717) is 0 Å². The van der Waals surface area contributed by atoms with Gasteiger partial charge in [-0.15, -0.1) is 0 Å². The number of rotatable bonds is 2. The van der Waals surface area contributed by atoms with Crippen molar-refractivity contribution in [3.05, 3.63) is 35.9 Å². The van der Waals surface area contributed by atoms with Gasteiger partial charge in [0, 0.05) is 0 Å². The first kappa shape index (κ1) is 8.24. The van der Waals surface area contributed by atoms with Crippen LogP contribution in [0.4, 0.5) is 0 Å². The van der Waals surface area contributed by atoms with Crippen LogP contribution in [0.25, 0.3) is 0 Å². The van der Waals surface area contributed by atoms with Gasteiger partial charge in [0.05, 0.1) is 6.17 Å². The van der Waals surface area contributed by atoms with E-state index in [2.05, 4.69) is 0 Å². The van der Waals surface area contributed by atoms with Crippen molar-refractivity contribution in [1.29, 1.82) is 0 Å². The molecule has 0 saturated heterocycles. The van der Waals surface area contributed by atoms with E-state index in [1.54, 1.807) is 0 Å². The second kappa shape index (κ2) is 3.51. The molecule has 0 spiro atoms. The summed E-state index contributed by atoms with van der Waals surface area (Å²) in [6.45, 7) is 0. The molecule has 0 bridgehead atoms. The summed E-state index contributed by atoms with van der Waals surface area (Å²) in [6, 6.07) is 10.1. The third kappa shape index (κ3) is 2.03. The molecule has 0 radical (unpaired) electrons. The molecule has 0 saturated carbocycles.